The molecule has 0 radical (unpaired) electrons. The molecule has 0 amide bonds. The Morgan fingerprint density at radius 2 is 1.83 bits per heavy atom. The van der Waals surface area contributed by atoms with Crippen molar-refractivity contribution < 1.29 is 21.9 Å². The molecule has 1 aromatic heterocycles. The van der Waals surface area contributed by atoms with E-state index in [9.17, 15) is 10.1 Å². The lowest BCUT2D eigenvalue weighted by atomic mass is 10.2. The van der Waals surface area contributed by atoms with Gasteiger partial charge in [0.2, 0.25) is 0 Å². The Hall–Kier alpha value is -1.65. The highest BCUT2D eigenvalue weighted by molar-refractivity contribution is 6.19. The van der Waals surface area contributed by atoms with Gasteiger partial charge < -0.3 is 12.4 Å². The van der Waals surface area contributed by atoms with Crippen molar-refractivity contribution in [3.63, 3.8) is 0 Å². The van der Waals surface area contributed by atoms with Crippen LogP contribution in [0.2, 0.25) is 0 Å². The summed E-state index contributed by atoms with van der Waals surface area (Å²) in [5, 5.41) is 10.7. The van der Waals surface area contributed by atoms with Crippen molar-refractivity contribution in [2.45, 2.75) is 5.50 Å². The van der Waals surface area contributed by atoms with Gasteiger partial charge in [0.1, 0.15) is 0 Å². The minimum absolute atomic E-state index is 0. The Balaban J connectivity index is 0.00000162. The van der Waals surface area contributed by atoms with Crippen LogP contribution in [0.15, 0.2) is 54.9 Å². The number of hydrogen-bond acceptors (Lipinski definition) is 2. The molecule has 0 saturated carbocycles. The first-order chi connectivity index (χ1) is 8.18. The van der Waals surface area contributed by atoms with Gasteiger partial charge in [0.05, 0.1) is 4.92 Å². The molecule has 0 spiro atoms. The van der Waals surface area contributed by atoms with Crippen molar-refractivity contribution >= 4 is 17.3 Å². The summed E-state index contributed by atoms with van der Waals surface area (Å²) in [7, 11) is 0. The van der Waals surface area contributed by atoms with Gasteiger partial charge in [-0.15, -0.1) is 0 Å². The molecule has 1 unspecified atom stereocenters. The van der Waals surface area contributed by atoms with Gasteiger partial charge in [-0.25, -0.2) is 0 Å². The van der Waals surface area contributed by atoms with E-state index in [4.69, 9.17) is 11.6 Å². The lowest BCUT2D eigenvalue weighted by Gasteiger charge is -2.04. The number of nitro groups is 1. The van der Waals surface area contributed by atoms with Crippen molar-refractivity contribution in [1.29, 1.82) is 0 Å². The molecule has 2 aromatic rings. The molecule has 18 heavy (non-hydrogen) atoms. The lowest BCUT2D eigenvalue weighted by molar-refractivity contribution is -0.694. The van der Waals surface area contributed by atoms with Crippen LogP contribution in [0.4, 0.5) is 5.69 Å². The zero-order valence-corrected chi connectivity index (χ0v) is 10.8. The monoisotopic (exact) mass is 284 g/mol. The number of halogens is 2. The normalized spacial score (nSPS) is 11.4. The molecule has 1 atom stereocenters. The van der Waals surface area contributed by atoms with Crippen LogP contribution in [-0.2, 0) is 0 Å². The maximum absolute atomic E-state index is 10.7. The topological polar surface area (TPSA) is 47.0 Å². The SMILES string of the molecule is O=[N+]([O-])c1cccc(C(Cl)[n+]2ccccc2)c1.[Cl-]. The van der Waals surface area contributed by atoms with Crippen LogP contribution in [0.3, 0.4) is 0 Å². The maximum Gasteiger partial charge on any atom is 0.270 e. The van der Waals surface area contributed by atoms with E-state index in [1.165, 1.54) is 12.1 Å². The molecule has 0 bridgehead atoms. The highest BCUT2D eigenvalue weighted by Crippen LogP contribution is 2.21. The Labute approximate surface area is 115 Å². The lowest BCUT2D eigenvalue weighted by Crippen LogP contribution is -3.00. The zero-order valence-electron chi connectivity index (χ0n) is 9.24. The van der Waals surface area contributed by atoms with Gasteiger partial charge in [0.25, 0.3) is 11.2 Å². The van der Waals surface area contributed by atoms with Crippen LogP contribution < -0.4 is 17.0 Å². The second kappa shape index (κ2) is 6.33. The number of hydrogen-bond donors (Lipinski definition) is 0. The molecule has 6 heteroatoms. The summed E-state index contributed by atoms with van der Waals surface area (Å²) < 4.78 is 1.78. The molecular formula is C12H10Cl2N2O2. The minimum atomic E-state index is -0.448. The van der Waals surface area contributed by atoms with E-state index in [1.54, 1.807) is 16.7 Å². The number of rotatable bonds is 3. The van der Waals surface area contributed by atoms with Crippen molar-refractivity contribution in [2.24, 2.45) is 0 Å². The van der Waals surface area contributed by atoms with Crippen LogP contribution >= 0.6 is 11.6 Å². The van der Waals surface area contributed by atoms with E-state index in [1.807, 2.05) is 30.6 Å². The first-order valence-corrected chi connectivity index (χ1v) is 5.46. The van der Waals surface area contributed by atoms with Crippen LogP contribution in [0, 0.1) is 10.1 Å². The number of non-ortho nitro benzene ring substituents is 1. The molecule has 0 N–H and O–H groups in total. The number of aromatic nitrogens is 1. The fourth-order valence-corrected chi connectivity index (χ4v) is 1.79. The van der Waals surface area contributed by atoms with Gasteiger partial charge in [-0.3, -0.25) is 10.1 Å². The Morgan fingerprint density at radius 3 is 2.44 bits per heavy atom. The van der Waals surface area contributed by atoms with Crippen LogP contribution in [0.25, 0.3) is 0 Å². The number of alkyl halides is 1. The first-order valence-electron chi connectivity index (χ1n) is 5.02. The van der Waals surface area contributed by atoms with Crippen molar-refractivity contribution in [2.75, 3.05) is 0 Å². The van der Waals surface area contributed by atoms with Crippen LogP contribution in [0.5, 0.6) is 0 Å². The molecule has 0 aliphatic rings. The average Bonchev–Trinajstić information content (AvgIpc) is 2.39. The predicted molar refractivity (Wildman–Crippen MR) is 63.7 cm³/mol. The number of nitrogens with zero attached hydrogens (tertiary/aromatic N) is 2. The molecule has 94 valence electrons. The van der Waals surface area contributed by atoms with Crippen LogP contribution in [-0.4, -0.2) is 4.92 Å². The molecule has 0 aliphatic carbocycles. The molecule has 0 saturated heterocycles. The van der Waals surface area contributed by atoms with Crippen molar-refractivity contribution in [3.8, 4) is 0 Å². The highest BCUT2D eigenvalue weighted by Gasteiger charge is 2.19. The molecule has 2 rings (SSSR count). The quantitative estimate of drug-likeness (QED) is 0.335. The Morgan fingerprint density at radius 1 is 1.17 bits per heavy atom. The largest absolute Gasteiger partial charge is 1.00 e. The number of pyridine rings is 1. The Bertz CT molecular complexity index is 535. The molecular weight excluding hydrogens is 275 g/mol. The summed E-state index contributed by atoms with van der Waals surface area (Å²) >= 11 is 6.25. The number of nitro benzene ring substituents is 1. The molecule has 1 aromatic carbocycles. The van der Waals surface area contributed by atoms with Crippen LogP contribution in [0.1, 0.15) is 11.1 Å². The summed E-state index contributed by atoms with van der Waals surface area (Å²) in [5.74, 6) is 0. The van der Waals surface area contributed by atoms with Crippen molar-refractivity contribution in [3.05, 3.63) is 70.5 Å². The second-order valence-corrected chi connectivity index (χ2v) is 3.92. The molecule has 1 heterocycles. The van der Waals surface area contributed by atoms with E-state index in [2.05, 4.69) is 0 Å². The third kappa shape index (κ3) is 3.18. The van der Waals surface area contributed by atoms with Gasteiger partial charge in [-0.2, -0.15) is 4.57 Å². The van der Waals surface area contributed by atoms with E-state index in [-0.39, 0.29) is 18.1 Å². The average molecular weight is 285 g/mol. The smallest absolute Gasteiger partial charge is 0.270 e. The van der Waals surface area contributed by atoms with Gasteiger partial charge >= 0.3 is 0 Å². The van der Waals surface area contributed by atoms with E-state index < -0.39 is 10.4 Å². The zero-order chi connectivity index (χ0) is 12.3. The summed E-state index contributed by atoms with van der Waals surface area (Å²) in [5.41, 5.74) is 0.290. The third-order valence-electron chi connectivity index (χ3n) is 2.36. The van der Waals surface area contributed by atoms with Crippen molar-refractivity contribution in [1.82, 2.24) is 0 Å². The number of benzene rings is 1. The summed E-state index contributed by atoms with van der Waals surface area (Å²) in [6.45, 7) is 0. The maximum atomic E-state index is 10.7. The van der Waals surface area contributed by atoms with E-state index in [0.29, 0.717) is 5.56 Å². The third-order valence-corrected chi connectivity index (χ3v) is 2.83. The summed E-state index contributed by atoms with van der Waals surface area (Å²) in [4.78, 5) is 10.2. The first kappa shape index (κ1) is 14.4. The van der Waals surface area contributed by atoms with E-state index in [0.717, 1.165) is 0 Å². The molecule has 0 fully saturated rings. The Kier molecular flexibility index (Phi) is 5.07. The fourth-order valence-electron chi connectivity index (χ4n) is 1.52. The standard InChI is InChI=1S/C12H10ClN2O2.ClH/c13-12(14-7-2-1-3-8-14)10-5-4-6-11(9-10)15(16)17;/h1-9,12H;1H/q+1;/p-1. The van der Waals surface area contributed by atoms with Gasteiger partial charge in [-0.05, 0) is 11.6 Å². The van der Waals surface area contributed by atoms with Gasteiger partial charge in [0.15, 0.2) is 12.4 Å². The van der Waals surface area contributed by atoms with Gasteiger partial charge in [0, 0.05) is 29.8 Å². The predicted octanol–water partition coefficient (Wildman–Crippen LogP) is -0.328. The minimum Gasteiger partial charge on any atom is -1.00 e. The molecule has 4 nitrogen and oxygen atoms in total. The van der Waals surface area contributed by atoms with E-state index >= 15 is 0 Å². The summed E-state index contributed by atoms with van der Waals surface area (Å²) in [6, 6.07) is 11.9. The fraction of sp³-hybridized carbons (Fsp3) is 0.0833. The highest BCUT2D eigenvalue weighted by atomic mass is 35.5. The van der Waals surface area contributed by atoms with Gasteiger partial charge in [-0.1, -0.05) is 18.2 Å². The molecule has 0 aliphatic heterocycles. The second-order valence-electron chi connectivity index (χ2n) is 3.51. The summed E-state index contributed by atoms with van der Waals surface area (Å²) in [6.07, 6.45) is 3.63.